The molecule has 1 aliphatic heterocycles. The molecule has 0 aromatic carbocycles. The van der Waals surface area contributed by atoms with Gasteiger partial charge in [0.25, 0.3) is 0 Å². The lowest BCUT2D eigenvalue weighted by Gasteiger charge is -2.28. The van der Waals surface area contributed by atoms with Crippen LogP contribution in [-0.4, -0.2) is 49.2 Å². The van der Waals surface area contributed by atoms with Crippen molar-refractivity contribution in [2.45, 2.75) is 33.2 Å². The van der Waals surface area contributed by atoms with Gasteiger partial charge in [-0.25, -0.2) is 0 Å². The molecule has 0 aliphatic carbocycles. The van der Waals surface area contributed by atoms with Gasteiger partial charge < -0.3 is 4.74 Å². The zero-order valence-electron chi connectivity index (χ0n) is 10.8. The van der Waals surface area contributed by atoms with Crippen LogP contribution < -0.4 is 5.09 Å². The van der Waals surface area contributed by atoms with E-state index in [1.165, 1.54) is 0 Å². The maximum absolute atomic E-state index is 11.6. The molecule has 0 amide bonds. The Labute approximate surface area is 99.2 Å². The van der Waals surface area contributed by atoms with Crippen molar-refractivity contribution in [3.63, 3.8) is 0 Å². The molecule has 1 fully saturated rings. The van der Waals surface area contributed by atoms with Crippen molar-refractivity contribution in [1.29, 1.82) is 0 Å². The minimum atomic E-state index is -1.28. The topological polar surface area (TPSA) is 41.6 Å². The van der Waals surface area contributed by atoms with Gasteiger partial charge in [-0.05, 0) is 20.8 Å². The number of hydrogen-bond acceptors (Lipinski definition) is 4. The van der Waals surface area contributed by atoms with Gasteiger partial charge in [-0.1, -0.05) is 0 Å². The fourth-order valence-electron chi connectivity index (χ4n) is 2.33. The van der Waals surface area contributed by atoms with Crippen molar-refractivity contribution in [1.82, 2.24) is 9.76 Å². The van der Waals surface area contributed by atoms with Crippen LogP contribution in [0.5, 0.6) is 0 Å². The summed E-state index contributed by atoms with van der Waals surface area (Å²) in [6, 6.07) is -0.0844. The Morgan fingerprint density at radius 1 is 1.44 bits per heavy atom. The van der Waals surface area contributed by atoms with Gasteiger partial charge in [0.2, 0.25) is 0 Å². The van der Waals surface area contributed by atoms with E-state index in [2.05, 4.69) is 30.3 Å². The van der Waals surface area contributed by atoms with E-state index < -0.39 is 7.56 Å². The van der Waals surface area contributed by atoms with E-state index in [9.17, 15) is 4.79 Å². The minimum absolute atomic E-state index is 0.0844. The molecule has 0 radical (unpaired) electrons. The highest BCUT2D eigenvalue weighted by atomic mass is 31.2. The van der Waals surface area contributed by atoms with Crippen LogP contribution >= 0.6 is 7.56 Å². The van der Waals surface area contributed by atoms with Crippen LogP contribution in [0.4, 0.5) is 0 Å². The summed E-state index contributed by atoms with van der Waals surface area (Å²) >= 11 is 0. The van der Waals surface area contributed by atoms with Crippen molar-refractivity contribution >= 4 is 13.5 Å². The Hall–Kier alpha value is -0.180. The van der Waals surface area contributed by atoms with Gasteiger partial charge in [0.15, 0.2) is 0 Å². The monoisotopic (exact) mass is 247 g/mol. The lowest BCUT2D eigenvalue weighted by molar-refractivity contribution is -0.144. The Morgan fingerprint density at radius 3 is 2.56 bits per heavy atom. The lowest BCUT2D eigenvalue weighted by Crippen LogP contribution is -2.36. The molecular formula is C11H24N2O2P+. The predicted octanol–water partition coefficient (Wildman–Crippen LogP) is 1.73. The van der Waals surface area contributed by atoms with Crippen molar-refractivity contribution in [2.24, 2.45) is 0 Å². The van der Waals surface area contributed by atoms with Gasteiger partial charge in [0, 0.05) is 19.5 Å². The Bertz CT molecular complexity index is 246. The average molecular weight is 247 g/mol. The minimum Gasteiger partial charge on any atom is -0.465 e. The maximum atomic E-state index is 11.6. The van der Waals surface area contributed by atoms with Gasteiger partial charge in [0.05, 0.1) is 19.4 Å². The van der Waals surface area contributed by atoms with Gasteiger partial charge >= 0.3 is 5.97 Å². The molecule has 0 spiro atoms. The lowest BCUT2D eigenvalue weighted by atomic mass is 10.2. The van der Waals surface area contributed by atoms with Gasteiger partial charge in [0.1, 0.15) is 13.6 Å². The van der Waals surface area contributed by atoms with E-state index in [0.29, 0.717) is 6.61 Å². The van der Waals surface area contributed by atoms with Crippen LogP contribution in [0.2, 0.25) is 0 Å². The summed E-state index contributed by atoms with van der Waals surface area (Å²) in [5.41, 5.74) is 0. The molecule has 0 saturated carbocycles. The highest BCUT2D eigenvalue weighted by molar-refractivity contribution is 7.71. The second-order valence-corrected chi connectivity index (χ2v) is 7.77. The Kier molecular flexibility index (Phi) is 5.16. The molecule has 16 heavy (non-hydrogen) atoms. The summed E-state index contributed by atoms with van der Waals surface area (Å²) < 4.78 is 7.53. The molecule has 1 N–H and O–H groups in total. The maximum Gasteiger partial charge on any atom is 0.326 e. The van der Waals surface area contributed by atoms with E-state index in [1.54, 1.807) is 0 Å². The third kappa shape index (κ3) is 2.93. The molecule has 1 unspecified atom stereocenters. The van der Waals surface area contributed by atoms with Crippen LogP contribution in [0.15, 0.2) is 0 Å². The smallest absolute Gasteiger partial charge is 0.326 e. The van der Waals surface area contributed by atoms with Gasteiger partial charge in [-0.3, -0.25) is 4.79 Å². The first-order chi connectivity index (χ1) is 7.57. The molecule has 1 aliphatic rings. The number of carbonyl (C=O) groups is 1. The summed E-state index contributed by atoms with van der Waals surface area (Å²) in [5.74, 6) is -0.0848. The molecule has 5 heteroatoms. The van der Waals surface area contributed by atoms with E-state index >= 15 is 0 Å². The zero-order chi connectivity index (χ0) is 12.2. The zero-order valence-corrected chi connectivity index (χ0v) is 11.7. The van der Waals surface area contributed by atoms with Crippen LogP contribution in [0, 0.1) is 0 Å². The molecule has 1 rings (SSSR count). The molecule has 0 aromatic rings. The number of nitrogens with one attached hydrogen (secondary N) is 1. The van der Waals surface area contributed by atoms with Crippen LogP contribution in [0.3, 0.4) is 0 Å². The highest BCUT2D eigenvalue weighted by Gasteiger charge is 2.48. The molecule has 1 saturated heterocycles. The molecule has 4 nitrogen and oxygen atoms in total. The molecule has 1 heterocycles. The van der Waals surface area contributed by atoms with Crippen molar-refractivity contribution in [3.05, 3.63) is 0 Å². The second kappa shape index (κ2) is 5.95. The Balaban J connectivity index is 2.59. The van der Waals surface area contributed by atoms with Crippen LogP contribution in [-0.2, 0) is 9.53 Å². The first kappa shape index (κ1) is 13.9. The predicted molar refractivity (Wildman–Crippen MR) is 68.8 cm³/mol. The number of carbonyl (C=O) groups excluding carboxylic acids is 1. The molecule has 0 bridgehead atoms. The van der Waals surface area contributed by atoms with Crippen molar-refractivity contribution in [2.75, 3.05) is 32.5 Å². The second-order valence-electron chi connectivity index (χ2n) is 4.22. The summed E-state index contributed by atoms with van der Waals surface area (Å²) in [7, 11) is -1.28. The first-order valence-corrected chi connectivity index (χ1v) is 8.50. The van der Waals surface area contributed by atoms with Gasteiger partial charge in [-0.15, -0.1) is 0 Å². The van der Waals surface area contributed by atoms with Crippen LogP contribution in [0.25, 0.3) is 0 Å². The molecule has 94 valence electrons. The first-order valence-electron chi connectivity index (χ1n) is 6.12. The number of hydrogen-bond donors (Lipinski definition) is 1. The third-order valence-electron chi connectivity index (χ3n) is 3.21. The summed E-state index contributed by atoms with van der Waals surface area (Å²) in [6.07, 6.45) is 2.03. The fraction of sp³-hybridized carbons (Fsp3) is 0.909. The van der Waals surface area contributed by atoms with E-state index in [1.807, 2.05) is 6.92 Å². The summed E-state index contributed by atoms with van der Waals surface area (Å²) in [4.78, 5) is 11.6. The number of nitrogens with zero attached hydrogens (tertiary/aromatic N) is 1. The molecule has 0 aromatic heterocycles. The molecule has 2 atom stereocenters. The number of ether oxygens (including phenoxy) is 1. The summed E-state index contributed by atoms with van der Waals surface area (Å²) in [5, 5.41) is 3.52. The normalized spacial score (nSPS) is 29.7. The van der Waals surface area contributed by atoms with Crippen LogP contribution in [0.1, 0.15) is 27.2 Å². The standard InChI is InChI=1S/C11H24N2O2P/c1-5-13(6-2)16(4)9-8-10(12-16)11(14)15-7-3/h10,12H,5-9H2,1-4H3/q+1/t10-,16?/m0/s1. The van der Waals surface area contributed by atoms with E-state index in [-0.39, 0.29) is 12.0 Å². The van der Waals surface area contributed by atoms with E-state index in [0.717, 1.165) is 25.7 Å². The quantitative estimate of drug-likeness (QED) is 0.593. The van der Waals surface area contributed by atoms with Crippen molar-refractivity contribution < 1.29 is 9.53 Å². The summed E-state index contributed by atoms with van der Waals surface area (Å²) in [6.45, 7) is 11.0. The van der Waals surface area contributed by atoms with Crippen molar-refractivity contribution in [3.8, 4) is 0 Å². The Morgan fingerprint density at radius 2 is 2.06 bits per heavy atom. The fourth-order valence-corrected chi connectivity index (χ4v) is 5.82. The van der Waals surface area contributed by atoms with E-state index in [4.69, 9.17) is 4.74 Å². The third-order valence-corrected chi connectivity index (χ3v) is 7.02. The number of rotatable bonds is 5. The highest BCUT2D eigenvalue weighted by Crippen LogP contribution is 2.58. The SMILES string of the molecule is CCOC(=O)[C@@H]1CC[P+](C)(N(CC)CC)N1. The average Bonchev–Trinajstić information content (AvgIpc) is 2.64. The van der Waals surface area contributed by atoms with Gasteiger partial charge in [-0.2, -0.15) is 9.76 Å². The number of esters is 1. The molecular weight excluding hydrogens is 223 g/mol. The largest absolute Gasteiger partial charge is 0.465 e.